The van der Waals surface area contributed by atoms with Crippen LogP contribution in [0.25, 0.3) is 0 Å². The fourth-order valence-corrected chi connectivity index (χ4v) is 4.78. The fourth-order valence-electron chi connectivity index (χ4n) is 4.78. The third-order valence-corrected chi connectivity index (χ3v) is 6.23. The molecule has 2 aliphatic carbocycles. The Hall–Kier alpha value is -0.900. The summed E-state index contributed by atoms with van der Waals surface area (Å²) < 4.78 is 5.96. The van der Waals surface area contributed by atoms with Crippen LogP contribution in [-0.4, -0.2) is 61.6 Å². The maximum absolute atomic E-state index is 11.9. The molecule has 0 bridgehead atoms. The summed E-state index contributed by atoms with van der Waals surface area (Å²) >= 11 is 0. The van der Waals surface area contributed by atoms with E-state index < -0.39 is 0 Å². The molecule has 0 aromatic rings. The van der Waals surface area contributed by atoms with Gasteiger partial charge in [0, 0.05) is 51.0 Å². The minimum atomic E-state index is -0.0607. The number of rotatable bonds is 6. The van der Waals surface area contributed by atoms with Gasteiger partial charge in [0.2, 0.25) is 11.8 Å². The molecule has 3 fully saturated rings. The zero-order valence-electron chi connectivity index (χ0n) is 16.5. The first-order valence-corrected chi connectivity index (χ1v) is 10.0. The smallest absolute Gasteiger partial charge is 0.229 e. The van der Waals surface area contributed by atoms with Gasteiger partial charge in [-0.05, 0) is 32.6 Å². The molecular formula is C19H33IN4O3. The molecule has 0 radical (unpaired) electrons. The van der Waals surface area contributed by atoms with E-state index >= 15 is 0 Å². The molecule has 154 valence electrons. The lowest BCUT2D eigenvalue weighted by Gasteiger charge is -2.54. The Kier molecular flexibility index (Phi) is 8.33. The number of carbonyl (C=O) groups excluding carboxylic acids is 2. The van der Waals surface area contributed by atoms with E-state index in [2.05, 4.69) is 22.5 Å². The molecule has 2 atom stereocenters. The fraction of sp³-hybridized carbons (Fsp3) is 0.842. The summed E-state index contributed by atoms with van der Waals surface area (Å²) in [5.74, 6) is 0.622. The maximum Gasteiger partial charge on any atom is 0.229 e. The Labute approximate surface area is 179 Å². The predicted molar refractivity (Wildman–Crippen MR) is 115 cm³/mol. The van der Waals surface area contributed by atoms with Crippen LogP contribution in [-0.2, 0) is 14.3 Å². The quantitative estimate of drug-likeness (QED) is 0.257. The van der Waals surface area contributed by atoms with Gasteiger partial charge in [-0.3, -0.25) is 19.5 Å². The van der Waals surface area contributed by atoms with E-state index in [0.29, 0.717) is 44.5 Å². The highest BCUT2D eigenvalue weighted by Crippen LogP contribution is 2.54. The lowest BCUT2D eigenvalue weighted by Crippen LogP contribution is -2.65. The van der Waals surface area contributed by atoms with E-state index in [1.807, 2.05) is 0 Å². The normalized spacial score (nSPS) is 27.3. The Morgan fingerprint density at radius 3 is 2.48 bits per heavy atom. The highest BCUT2D eigenvalue weighted by molar-refractivity contribution is 14.0. The second kappa shape index (κ2) is 10.0. The number of aliphatic imine (C=N–C) groups is 1. The lowest BCUT2D eigenvalue weighted by molar-refractivity contribution is -0.147. The number of nitrogens with zero attached hydrogens (tertiary/aromatic N) is 2. The summed E-state index contributed by atoms with van der Waals surface area (Å²) in [7, 11) is 1.76. The number of carbonyl (C=O) groups is 2. The first-order chi connectivity index (χ1) is 12.6. The van der Waals surface area contributed by atoms with E-state index in [4.69, 9.17) is 4.74 Å². The molecule has 0 aromatic carbocycles. The molecule has 1 spiro atoms. The third-order valence-electron chi connectivity index (χ3n) is 6.23. The zero-order valence-corrected chi connectivity index (χ0v) is 18.8. The van der Waals surface area contributed by atoms with Crippen molar-refractivity contribution in [1.29, 1.82) is 0 Å². The van der Waals surface area contributed by atoms with Crippen LogP contribution in [0.2, 0.25) is 0 Å². The number of likely N-dealkylation sites (tertiary alicyclic amines) is 1. The van der Waals surface area contributed by atoms with Gasteiger partial charge >= 0.3 is 0 Å². The average molecular weight is 492 g/mol. The zero-order chi connectivity index (χ0) is 18.6. The van der Waals surface area contributed by atoms with Crippen molar-refractivity contribution in [3.63, 3.8) is 0 Å². The van der Waals surface area contributed by atoms with E-state index in [0.717, 1.165) is 19.0 Å². The highest BCUT2D eigenvalue weighted by atomic mass is 127. The number of halogens is 1. The van der Waals surface area contributed by atoms with E-state index in [9.17, 15) is 9.59 Å². The topological polar surface area (TPSA) is 83.0 Å². The van der Waals surface area contributed by atoms with Crippen molar-refractivity contribution in [2.45, 2.75) is 70.4 Å². The number of nitrogens with one attached hydrogen (secondary N) is 2. The summed E-state index contributed by atoms with van der Waals surface area (Å²) in [4.78, 5) is 29.4. The van der Waals surface area contributed by atoms with Crippen molar-refractivity contribution in [3.05, 3.63) is 0 Å². The minimum Gasteiger partial charge on any atom is -0.378 e. The van der Waals surface area contributed by atoms with Gasteiger partial charge in [-0.1, -0.05) is 12.8 Å². The average Bonchev–Trinajstić information content (AvgIpc) is 3.14. The summed E-state index contributed by atoms with van der Waals surface area (Å²) in [5.41, 5.74) is 0.242. The molecule has 2 N–H and O–H groups in total. The van der Waals surface area contributed by atoms with Crippen LogP contribution in [0.5, 0.6) is 0 Å². The van der Waals surface area contributed by atoms with Gasteiger partial charge in [0.15, 0.2) is 5.96 Å². The SMILES string of the molecule is CCOC1CC(NC(=NC)NCCN2C(=O)CCCC2=O)C12CCCC2.I. The summed E-state index contributed by atoms with van der Waals surface area (Å²) in [6, 6.07) is 0.381. The van der Waals surface area contributed by atoms with Crippen molar-refractivity contribution in [2.75, 3.05) is 26.7 Å². The van der Waals surface area contributed by atoms with Crippen molar-refractivity contribution < 1.29 is 14.3 Å². The van der Waals surface area contributed by atoms with Crippen LogP contribution in [0.15, 0.2) is 4.99 Å². The van der Waals surface area contributed by atoms with Crippen LogP contribution in [0.3, 0.4) is 0 Å². The van der Waals surface area contributed by atoms with Gasteiger partial charge in [-0.2, -0.15) is 0 Å². The van der Waals surface area contributed by atoms with Crippen LogP contribution >= 0.6 is 24.0 Å². The standard InChI is InChI=1S/C19H32N4O3.HI/c1-3-26-15-13-14(19(15)9-4-5-10-19)22-18(20-2)21-11-12-23-16(24)7-6-8-17(23)25;/h14-15H,3-13H2,1-2H3,(H2,20,21,22);1H. The summed E-state index contributed by atoms with van der Waals surface area (Å²) in [6.45, 7) is 3.75. The van der Waals surface area contributed by atoms with Crippen molar-refractivity contribution in [3.8, 4) is 0 Å². The summed E-state index contributed by atoms with van der Waals surface area (Å²) in [5, 5.41) is 6.82. The Bertz CT molecular complexity index is 547. The van der Waals surface area contributed by atoms with E-state index in [1.165, 1.54) is 30.6 Å². The van der Waals surface area contributed by atoms with Gasteiger partial charge < -0.3 is 15.4 Å². The van der Waals surface area contributed by atoms with Gasteiger partial charge in [-0.25, -0.2) is 0 Å². The molecular weight excluding hydrogens is 459 g/mol. The molecule has 3 rings (SSSR count). The summed E-state index contributed by atoms with van der Waals surface area (Å²) in [6.07, 6.45) is 7.96. The number of hydrogen-bond acceptors (Lipinski definition) is 4. The molecule has 3 aliphatic rings. The first-order valence-electron chi connectivity index (χ1n) is 10.0. The number of guanidine groups is 1. The molecule has 2 unspecified atom stereocenters. The highest BCUT2D eigenvalue weighted by Gasteiger charge is 2.56. The Balaban J connectivity index is 0.00000261. The molecule has 1 saturated heterocycles. The Morgan fingerprint density at radius 2 is 1.89 bits per heavy atom. The Morgan fingerprint density at radius 1 is 1.22 bits per heavy atom. The van der Waals surface area contributed by atoms with Crippen molar-refractivity contribution >= 4 is 41.8 Å². The number of imide groups is 1. The van der Waals surface area contributed by atoms with Crippen molar-refractivity contribution in [1.82, 2.24) is 15.5 Å². The van der Waals surface area contributed by atoms with Gasteiger partial charge in [0.05, 0.1) is 6.10 Å². The van der Waals surface area contributed by atoms with Gasteiger partial charge in [-0.15, -0.1) is 24.0 Å². The molecule has 2 amide bonds. The molecule has 2 saturated carbocycles. The second-order valence-corrected chi connectivity index (χ2v) is 7.61. The van der Waals surface area contributed by atoms with Crippen LogP contribution in [0, 0.1) is 5.41 Å². The monoisotopic (exact) mass is 492 g/mol. The molecule has 1 heterocycles. The van der Waals surface area contributed by atoms with Crippen LogP contribution in [0.1, 0.15) is 58.3 Å². The largest absolute Gasteiger partial charge is 0.378 e. The number of ether oxygens (including phenoxy) is 1. The maximum atomic E-state index is 11.9. The molecule has 1 aliphatic heterocycles. The van der Waals surface area contributed by atoms with Gasteiger partial charge in [0.25, 0.3) is 0 Å². The second-order valence-electron chi connectivity index (χ2n) is 7.61. The van der Waals surface area contributed by atoms with Crippen LogP contribution in [0.4, 0.5) is 0 Å². The molecule has 27 heavy (non-hydrogen) atoms. The number of hydrogen-bond donors (Lipinski definition) is 2. The molecule has 8 heteroatoms. The third kappa shape index (κ3) is 4.75. The predicted octanol–water partition coefficient (Wildman–Crippen LogP) is 2.05. The lowest BCUT2D eigenvalue weighted by atomic mass is 9.60. The van der Waals surface area contributed by atoms with Crippen LogP contribution < -0.4 is 10.6 Å². The van der Waals surface area contributed by atoms with Crippen molar-refractivity contribution in [2.24, 2.45) is 10.4 Å². The minimum absolute atomic E-state index is 0. The van der Waals surface area contributed by atoms with E-state index in [-0.39, 0.29) is 41.2 Å². The number of amides is 2. The molecule has 0 aromatic heterocycles. The van der Waals surface area contributed by atoms with Gasteiger partial charge in [0.1, 0.15) is 0 Å². The van der Waals surface area contributed by atoms with E-state index in [1.54, 1.807) is 7.05 Å². The first kappa shape index (κ1) is 22.4. The molecule has 7 nitrogen and oxygen atoms in total. The number of piperidine rings is 1.